The predicted octanol–water partition coefficient (Wildman–Crippen LogP) is 2.72. The third kappa shape index (κ3) is 2.54. The van der Waals surface area contributed by atoms with Gasteiger partial charge in [0.05, 0.1) is 5.60 Å². The summed E-state index contributed by atoms with van der Waals surface area (Å²) in [6.07, 6.45) is 7.72. The summed E-state index contributed by atoms with van der Waals surface area (Å²) < 4.78 is 5.87. The second-order valence-electron chi connectivity index (χ2n) is 5.87. The molecule has 0 aromatic rings. The third-order valence-electron chi connectivity index (χ3n) is 4.18. The van der Waals surface area contributed by atoms with Crippen LogP contribution in [0.4, 0.5) is 0 Å². The lowest BCUT2D eigenvalue weighted by Gasteiger charge is -2.40. The number of fused-ring (bicyclic) bond motifs is 2. The molecule has 0 saturated carbocycles. The summed E-state index contributed by atoms with van der Waals surface area (Å²) >= 11 is 0. The molecule has 0 amide bonds. The van der Waals surface area contributed by atoms with Gasteiger partial charge in [-0.3, -0.25) is 0 Å². The molecule has 0 spiro atoms. The minimum atomic E-state index is 0.196. The molecule has 2 unspecified atom stereocenters. The van der Waals surface area contributed by atoms with Crippen molar-refractivity contribution in [3.63, 3.8) is 0 Å². The molecule has 0 aromatic carbocycles. The topological polar surface area (TPSA) is 21.3 Å². The molecule has 2 saturated heterocycles. The van der Waals surface area contributed by atoms with Crippen molar-refractivity contribution in [3.05, 3.63) is 0 Å². The molecular formula is C13H25NO. The van der Waals surface area contributed by atoms with Crippen LogP contribution in [-0.2, 0) is 4.74 Å². The predicted molar refractivity (Wildman–Crippen MR) is 63.0 cm³/mol. The number of rotatable bonds is 4. The van der Waals surface area contributed by atoms with E-state index in [1.807, 2.05) is 7.11 Å². The summed E-state index contributed by atoms with van der Waals surface area (Å²) in [5.74, 6) is 0.796. The van der Waals surface area contributed by atoms with Gasteiger partial charge in [0.1, 0.15) is 0 Å². The molecule has 2 bridgehead atoms. The summed E-state index contributed by atoms with van der Waals surface area (Å²) in [5.41, 5.74) is 0.196. The van der Waals surface area contributed by atoms with E-state index in [1.54, 1.807) is 0 Å². The first-order chi connectivity index (χ1) is 7.13. The summed E-state index contributed by atoms with van der Waals surface area (Å²) in [7, 11) is 1.91. The molecule has 0 aromatic heterocycles. The van der Waals surface area contributed by atoms with E-state index in [0.29, 0.717) is 0 Å². The van der Waals surface area contributed by atoms with Gasteiger partial charge in [-0.2, -0.15) is 0 Å². The maximum atomic E-state index is 5.87. The number of methoxy groups -OCH3 is 1. The molecule has 2 fully saturated rings. The van der Waals surface area contributed by atoms with Crippen LogP contribution in [0.2, 0.25) is 0 Å². The highest BCUT2D eigenvalue weighted by Gasteiger charge is 2.43. The molecule has 2 aliphatic rings. The van der Waals surface area contributed by atoms with E-state index in [-0.39, 0.29) is 5.60 Å². The number of hydrogen-bond acceptors (Lipinski definition) is 2. The molecular weight excluding hydrogens is 186 g/mol. The van der Waals surface area contributed by atoms with Crippen LogP contribution in [0.1, 0.15) is 52.4 Å². The molecule has 2 heteroatoms. The second kappa shape index (κ2) is 4.42. The van der Waals surface area contributed by atoms with Gasteiger partial charge in [0.2, 0.25) is 0 Å². The lowest BCUT2D eigenvalue weighted by molar-refractivity contribution is -0.0563. The van der Waals surface area contributed by atoms with Crippen molar-refractivity contribution in [2.45, 2.75) is 70.1 Å². The summed E-state index contributed by atoms with van der Waals surface area (Å²) in [4.78, 5) is 0. The van der Waals surface area contributed by atoms with E-state index in [4.69, 9.17) is 4.74 Å². The van der Waals surface area contributed by atoms with E-state index < -0.39 is 0 Å². The van der Waals surface area contributed by atoms with Gasteiger partial charge in [0.25, 0.3) is 0 Å². The van der Waals surface area contributed by atoms with Crippen molar-refractivity contribution in [2.75, 3.05) is 7.11 Å². The number of piperidine rings is 1. The monoisotopic (exact) mass is 211 g/mol. The fourth-order valence-electron chi connectivity index (χ4n) is 3.23. The Balaban J connectivity index is 1.96. The molecule has 2 atom stereocenters. The Bertz CT molecular complexity index is 203. The minimum Gasteiger partial charge on any atom is -0.378 e. The SMILES string of the molecule is COC1(CCC(C)C)CC2CCC(C1)N2. The summed E-state index contributed by atoms with van der Waals surface area (Å²) in [6.45, 7) is 4.61. The first-order valence-corrected chi connectivity index (χ1v) is 6.45. The number of hydrogen-bond donors (Lipinski definition) is 1. The first kappa shape index (κ1) is 11.4. The van der Waals surface area contributed by atoms with Crippen LogP contribution in [-0.4, -0.2) is 24.8 Å². The van der Waals surface area contributed by atoms with E-state index in [9.17, 15) is 0 Å². The molecule has 0 radical (unpaired) electrons. The maximum Gasteiger partial charge on any atom is 0.0708 e. The van der Waals surface area contributed by atoms with Gasteiger partial charge < -0.3 is 10.1 Å². The number of nitrogens with one attached hydrogen (secondary N) is 1. The van der Waals surface area contributed by atoms with E-state index in [1.165, 1.54) is 38.5 Å². The van der Waals surface area contributed by atoms with Crippen molar-refractivity contribution in [3.8, 4) is 0 Å². The van der Waals surface area contributed by atoms with Crippen LogP contribution in [0, 0.1) is 5.92 Å². The van der Waals surface area contributed by atoms with Gasteiger partial charge in [-0.05, 0) is 44.4 Å². The second-order valence-corrected chi connectivity index (χ2v) is 5.87. The Kier molecular flexibility index (Phi) is 3.36. The average Bonchev–Trinajstić information content (AvgIpc) is 2.56. The van der Waals surface area contributed by atoms with Gasteiger partial charge in [0, 0.05) is 19.2 Å². The highest BCUT2D eigenvalue weighted by atomic mass is 16.5. The highest BCUT2D eigenvalue weighted by Crippen LogP contribution is 2.39. The van der Waals surface area contributed by atoms with Crippen LogP contribution >= 0.6 is 0 Å². The molecule has 2 heterocycles. The normalized spacial score (nSPS) is 40.0. The Labute approximate surface area is 93.8 Å². The Hall–Kier alpha value is -0.0800. The zero-order valence-electron chi connectivity index (χ0n) is 10.4. The average molecular weight is 211 g/mol. The molecule has 2 rings (SSSR count). The van der Waals surface area contributed by atoms with Crippen LogP contribution < -0.4 is 5.32 Å². The van der Waals surface area contributed by atoms with E-state index in [0.717, 1.165) is 18.0 Å². The molecule has 1 N–H and O–H groups in total. The van der Waals surface area contributed by atoms with Gasteiger partial charge in [-0.15, -0.1) is 0 Å². The first-order valence-electron chi connectivity index (χ1n) is 6.45. The fourth-order valence-corrected chi connectivity index (χ4v) is 3.23. The molecule has 88 valence electrons. The molecule has 2 nitrogen and oxygen atoms in total. The minimum absolute atomic E-state index is 0.196. The van der Waals surface area contributed by atoms with Gasteiger partial charge in [-0.1, -0.05) is 13.8 Å². The quantitative estimate of drug-likeness (QED) is 0.772. The third-order valence-corrected chi connectivity index (χ3v) is 4.18. The van der Waals surface area contributed by atoms with Crippen LogP contribution in [0.5, 0.6) is 0 Å². The van der Waals surface area contributed by atoms with Crippen molar-refractivity contribution in [2.24, 2.45) is 5.92 Å². The highest BCUT2D eigenvalue weighted by molar-refractivity contribution is 5.00. The van der Waals surface area contributed by atoms with Gasteiger partial charge in [-0.25, -0.2) is 0 Å². The Morgan fingerprint density at radius 1 is 1.27 bits per heavy atom. The van der Waals surface area contributed by atoms with E-state index >= 15 is 0 Å². The Morgan fingerprint density at radius 2 is 1.87 bits per heavy atom. The molecule has 15 heavy (non-hydrogen) atoms. The van der Waals surface area contributed by atoms with Gasteiger partial charge in [0.15, 0.2) is 0 Å². The zero-order chi connectivity index (χ0) is 10.9. The largest absolute Gasteiger partial charge is 0.378 e. The standard InChI is InChI=1S/C13H25NO/c1-10(2)6-7-13(15-3)8-11-4-5-12(9-13)14-11/h10-12,14H,4-9H2,1-3H3. The summed E-state index contributed by atoms with van der Waals surface area (Å²) in [6, 6.07) is 1.46. The number of ether oxygens (including phenoxy) is 1. The Morgan fingerprint density at radius 3 is 2.33 bits per heavy atom. The fraction of sp³-hybridized carbons (Fsp3) is 1.00. The molecule has 2 aliphatic heterocycles. The van der Waals surface area contributed by atoms with Crippen molar-refractivity contribution in [1.82, 2.24) is 5.32 Å². The van der Waals surface area contributed by atoms with Crippen LogP contribution in [0.3, 0.4) is 0 Å². The molecule has 0 aliphatic carbocycles. The summed E-state index contributed by atoms with van der Waals surface area (Å²) in [5, 5.41) is 3.69. The van der Waals surface area contributed by atoms with Gasteiger partial charge >= 0.3 is 0 Å². The lowest BCUT2D eigenvalue weighted by atomic mass is 9.82. The maximum absolute atomic E-state index is 5.87. The zero-order valence-corrected chi connectivity index (χ0v) is 10.4. The van der Waals surface area contributed by atoms with E-state index in [2.05, 4.69) is 19.2 Å². The van der Waals surface area contributed by atoms with Crippen molar-refractivity contribution in [1.29, 1.82) is 0 Å². The lowest BCUT2D eigenvalue weighted by Crippen LogP contribution is -2.49. The van der Waals surface area contributed by atoms with Crippen molar-refractivity contribution >= 4 is 0 Å². The van der Waals surface area contributed by atoms with Crippen LogP contribution in [0.15, 0.2) is 0 Å². The van der Waals surface area contributed by atoms with Crippen molar-refractivity contribution < 1.29 is 4.74 Å². The smallest absolute Gasteiger partial charge is 0.0708 e. The van der Waals surface area contributed by atoms with Crippen LogP contribution in [0.25, 0.3) is 0 Å².